The van der Waals surface area contributed by atoms with Crippen molar-refractivity contribution < 1.29 is 4.79 Å². The van der Waals surface area contributed by atoms with Gasteiger partial charge in [0, 0.05) is 17.6 Å². The molecule has 0 heterocycles. The van der Waals surface area contributed by atoms with Crippen LogP contribution >= 0.6 is 0 Å². The number of benzene rings is 1. The summed E-state index contributed by atoms with van der Waals surface area (Å²) in [7, 11) is 0. The van der Waals surface area contributed by atoms with Crippen LogP contribution in [0.1, 0.15) is 45.2 Å². The molecule has 0 aromatic heterocycles. The van der Waals surface area contributed by atoms with Gasteiger partial charge in [-0.05, 0) is 31.0 Å². The molecule has 0 bridgehead atoms. The molecule has 2 unspecified atom stereocenters. The highest BCUT2D eigenvalue weighted by atomic mass is 16.1. The van der Waals surface area contributed by atoms with Crippen LogP contribution in [0.4, 0.5) is 5.69 Å². The van der Waals surface area contributed by atoms with E-state index in [0.29, 0.717) is 0 Å². The SMILES string of the molecule is CCCC(C)C(=O)Nc1ccc(C(C)N)cc1. The molecular formula is C14H22N2O. The topological polar surface area (TPSA) is 55.1 Å². The summed E-state index contributed by atoms with van der Waals surface area (Å²) in [6.45, 7) is 5.98. The Bertz CT molecular complexity index is 357. The Kier molecular flexibility index (Phi) is 5.16. The molecule has 0 spiro atoms. The van der Waals surface area contributed by atoms with E-state index < -0.39 is 0 Å². The highest BCUT2D eigenvalue weighted by Gasteiger charge is 2.11. The summed E-state index contributed by atoms with van der Waals surface area (Å²) in [6.07, 6.45) is 1.95. The van der Waals surface area contributed by atoms with Crippen LogP contribution in [0, 0.1) is 5.92 Å². The summed E-state index contributed by atoms with van der Waals surface area (Å²) in [5.74, 6) is 0.147. The minimum absolute atomic E-state index is 0.0266. The lowest BCUT2D eigenvalue weighted by Gasteiger charge is -2.12. The van der Waals surface area contributed by atoms with Gasteiger partial charge in [-0.1, -0.05) is 32.4 Å². The molecule has 94 valence electrons. The molecule has 0 aliphatic rings. The summed E-state index contributed by atoms with van der Waals surface area (Å²) in [4.78, 5) is 11.8. The molecular weight excluding hydrogens is 212 g/mol. The summed E-state index contributed by atoms with van der Waals surface area (Å²) >= 11 is 0. The normalized spacial score (nSPS) is 14.1. The van der Waals surface area contributed by atoms with Crippen molar-refractivity contribution in [3.8, 4) is 0 Å². The number of nitrogens with two attached hydrogens (primary N) is 1. The second kappa shape index (κ2) is 6.40. The van der Waals surface area contributed by atoms with Crippen molar-refractivity contribution in [2.75, 3.05) is 5.32 Å². The van der Waals surface area contributed by atoms with Gasteiger partial charge in [-0.2, -0.15) is 0 Å². The van der Waals surface area contributed by atoms with E-state index in [-0.39, 0.29) is 17.9 Å². The lowest BCUT2D eigenvalue weighted by atomic mass is 10.1. The van der Waals surface area contributed by atoms with Crippen molar-refractivity contribution in [2.24, 2.45) is 11.7 Å². The third-order valence-electron chi connectivity index (χ3n) is 2.87. The highest BCUT2D eigenvalue weighted by Crippen LogP contribution is 2.15. The van der Waals surface area contributed by atoms with Gasteiger partial charge in [0.2, 0.25) is 5.91 Å². The van der Waals surface area contributed by atoms with Crippen molar-refractivity contribution in [1.29, 1.82) is 0 Å². The second-order valence-corrected chi connectivity index (χ2v) is 4.59. The summed E-state index contributed by atoms with van der Waals surface area (Å²) in [5.41, 5.74) is 7.67. The van der Waals surface area contributed by atoms with E-state index in [0.717, 1.165) is 24.1 Å². The molecule has 17 heavy (non-hydrogen) atoms. The monoisotopic (exact) mass is 234 g/mol. The number of carbonyl (C=O) groups excluding carboxylic acids is 1. The first-order chi connectivity index (χ1) is 8.04. The molecule has 2 atom stereocenters. The van der Waals surface area contributed by atoms with Crippen LogP contribution in [-0.4, -0.2) is 5.91 Å². The first kappa shape index (κ1) is 13.7. The summed E-state index contributed by atoms with van der Waals surface area (Å²) < 4.78 is 0. The largest absolute Gasteiger partial charge is 0.326 e. The average Bonchev–Trinajstić information content (AvgIpc) is 2.30. The van der Waals surface area contributed by atoms with E-state index in [4.69, 9.17) is 5.73 Å². The van der Waals surface area contributed by atoms with Crippen LogP contribution in [-0.2, 0) is 4.79 Å². The number of anilines is 1. The molecule has 1 rings (SSSR count). The molecule has 0 radical (unpaired) electrons. The number of hydrogen-bond acceptors (Lipinski definition) is 2. The van der Waals surface area contributed by atoms with Crippen LogP contribution in [0.25, 0.3) is 0 Å². The Balaban J connectivity index is 2.60. The second-order valence-electron chi connectivity index (χ2n) is 4.59. The fraction of sp³-hybridized carbons (Fsp3) is 0.500. The number of rotatable bonds is 5. The number of carbonyl (C=O) groups is 1. The van der Waals surface area contributed by atoms with Gasteiger partial charge in [0.05, 0.1) is 0 Å². The molecule has 3 heteroatoms. The standard InChI is InChI=1S/C14H22N2O/c1-4-5-10(2)14(17)16-13-8-6-12(7-9-13)11(3)15/h6-11H,4-5,15H2,1-3H3,(H,16,17). The highest BCUT2D eigenvalue weighted by molar-refractivity contribution is 5.92. The zero-order valence-electron chi connectivity index (χ0n) is 10.9. The smallest absolute Gasteiger partial charge is 0.227 e. The van der Waals surface area contributed by atoms with Gasteiger partial charge in [-0.3, -0.25) is 4.79 Å². The molecule has 0 fully saturated rings. The fourth-order valence-electron chi connectivity index (χ4n) is 1.70. The molecule has 0 aliphatic heterocycles. The van der Waals surface area contributed by atoms with Crippen LogP contribution in [0.3, 0.4) is 0 Å². The van der Waals surface area contributed by atoms with Gasteiger partial charge < -0.3 is 11.1 Å². The van der Waals surface area contributed by atoms with Gasteiger partial charge in [-0.25, -0.2) is 0 Å². The molecule has 0 saturated carbocycles. The van der Waals surface area contributed by atoms with Crippen molar-refractivity contribution in [3.63, 3.8) is 0 Å². The summed E-state index contributed by atoms with van der Waals surface area (Å²) in [5, 5.41) is 2.91. The molecule has 1 aromatic carbocycles. The van der Waals surface area contributed by atoms with Gasteiger partial charge in [0.25, 0.3) is 0 Å². The Morgan fingerprint density at radius 2 is 1.88 bits per heavy atom. The minimum Gasteiger partial charge on any atom is -0.326 e. The Hall–Kier alpha value is -1.35. The van der Waals surface area contributed by atoms with Crippen molar-refractivity contribution in [2.45, 2.75) is 39.7 Å². The molecule has 1 aromatic rings. The Morgan fingerprint density at radius 1 is 1.29 bits per heavy atom. The molecule has 0 saturated heterocycles. The minimum atomic E-state index is 0.0266. The first-order valence-electron chi connectivity index (χ1n) is 6.21. The van der Waals surface area contributed by atoms with Gasteiger partial charge in [0.1, 0.15) is 0 Å². The average molecular weight is 234 g/mol. The summed E-state index contributed by atoms with van der Waals surface area (Å²) in [6, 6.07) is 7.72. The Labute approximate surface area is 103 Å². The van der Waals surface area contributed by atoms with E-state index >= 15 is 0 Å². The predicted octanol–water partition coefficient (Wildman–Crippen LogP) is 3.08. The van der Waals surface area contributed by atoms with E-state index in [1.54, 1.807) is 0 Å². The van der Waals surface area contributed by atoms with E-state index in [2.05, 4.69) is 12.2 Å². The van der Waals surface area contributed by atoms with Crippen molar-refractivity contribution in [1.82, 2.24) is 0 Å². The quantitative estimate of drug-likeness (QED) is 0.822. The number of amides is 1. The Morgan fingerprint density at radius 3 is 2.35 bits per heavy atom. The first-order valence-corrected chi connectivity index (χ1v) is 6.21. The molecule has 3 nitrogen and oxygen atoms in total. The van der Waals surface area contributed by atoms with E-state index in [9.17, 15) is 4.79 Å². The number of hydrogen-bond donors (Lipinski definition) is 2. The lowest BCUT2D eigenvalue weighted by Crippen LogP contribution is -2.20. The van der Waals surface area contributed by atoms with Crippen LogP contribution in [0.2, 0.25) is 0 Å². The molecule has 1 amide bonds. The van der Waals surface area contributed by atoms with Crippen molar-refractivity contribution >= 4 is 11.6 Å². The predicted molar refractivity (Wildman–Crippen MR) is 71.7 cm³/mol. The van der Waals surface area contributed by atoms with Crippen molar-refractivity contribution in [3.05, 3.63) is 29.8 Å². The maximum Gasteiger partial charge on any atom is 0.227 e. The van der Waals surface area contributed by atoms with Gasteiger partial charge >= 0.3 is 0 Å². The molecule has 0 aliphatic carbocycles. The zero-order valence-corrected chi connectivity index (χ0v) is 10.9. The lowest BCUT2D eigenvalue weighted by molar-refractivity contribution is -0.119. The van der Waals surface area contributed by atoms with E-state index in [1.165, 1.54) is 0 Å². The maximum absolute atomic E-state index is 11.8. The maximum atomic E-state index is 11.8. The van der Waals surface area contributed by atoms with Crippen LogP contribution in [0.15, 0.2) is 24.3 Å². The fourth-order valence-corrected chi connectivity index (χ4v) is 1.70. The van der Waals surface area contributed by atoms with Gasteiger partial charge in [-0.15, -0.1) is 0 Å². The van der Waals surface area contributed by atoms with E-state index in [1.807, 2.05) is 38.1 Å². The zero-order chi connectivity index (χ0) is 12.8. The van der Waals surface area contributed by atoms with Crippen LogP contribution < -0.4 is 11.1 Å². The van der Waals surface area contributed by atoms with Crippen LogP contribution in [0.5, 0.6) is 0 Å². The van der Waals surface area contributed by atoms with Gasteiger partial charge in [0.15, 0.2) is 0 Å². The third-order valence-corrected chi connectivity index (χ3v) is 2.87. The molecule has 3 N–H and O–H groups in total. The third kappa shape index (κ3) is 4.19. The number of nitrogens with one attached hydrogen (secondary N) is 1.